The highest BCUT2D eigenvalue weighted by Gasteiger charge is 2.13. The molecular weight excluding hydrogens is 427 g/mol. The molecule has 0 bridgehead atoms. The summed E-state index contributed by atoms with van der Waals surface area (Å²) in [6.07, 6.45) is 2.79. The van der Waals surface area contributed by atoms with E-state index in [2.05, 4.69) is 30.6 Å². The van der Waals surface area contributed by atoms with Gasteiger partial charge in [-0.2, -0.15) is 4.98 Å². The van der Waals surface area contributed by atoms with Crippen LogP contribution in [0.25, 0.3) is 10.9 Å². The van der Waals surface area contributed by atoms with Crippen molar-refractivity contribution in [3.05, 3.63) is 51.1 Å². The zero-order valence-corrected chi connectivity index (χ0v) is 18.0. The van der Waals surface area contributed by atoms with Gasteiger partial charge in [-0.25, -0.2) is 9.98 Å². The van der Waals surface area contributed by atoms with Crippen LogP contribution < -0.4 is 21.9 Å². The zero-order valence-electron chi connectivity index (χ0n) is 16.5. The molecule has 0 radical (unpaired) electrons. The van der Waals surface area contributed by atoms with Crippen molar-refractivity contribution in [2.24, 2.45) is 22.8 Å². The van der Waals surface area contributed by atoms with E-state index in [0.29, 0.717) is 28.1 Å². The summed E-state index contributed by atoms with van der Waals surface area (Å²) in [4.78, 5) is 28.2. The molecule has 0 saturated carbocycles. The van der Waals surface area contributed by atoms with Crippen LogP contribution in [0, 0.1) is 0 Å². The van der Waals surface area contributed by atoms with Gasteiger partial charge in [0.15, 0.2) is 5.82 Å². The monoisotopic (exact) mass is 446 g/mol. The van der Waals surface area contributed by atoms with Crippen LogP contribution in [0.15, 0.2) is 45.2 Å². The third-order valence-electron chi connectivity index (χ3n) is 4.36. The Morgan fingerprint density at radius 1 is 1.33 bits per heavy atom. The van der Waals surface area contributed by atoms with Gasteiger partial charge in [-0.05, 0) is 36.7 Å². The molecule has 30 heavy (non-hydrogen) atoms. The number of amidine groups is 1. The van der Waals surface area contributed by atoms with Crippen LogP contribution in [0.2, 0.25) is 10.3 Å². The largest absolute Gasteiger partial charge is 0.385 e. The standard InChI is InChI=1S/C19H20Cl2N8O/c1-10(17(22)25-9-23-2)26-14-7-16(30)29(3)15-5-4-11(6-12(14)15)27-18-13(20)8-24-19(21)28-18/h4-10,26H,1-3H3,(H2,22,23,25)(H,24,27,28). The highest BCUT2D eigenvalue weighted by molar-refractivity contribution is 6.33. The summed E-state index contributed by atoms with van der Waals surface area (Å²) < 4.78 is 1.56. The molecule has 1 atom stereocenters. The van der Waals surface area contributed by atoms with E-state index in [9.17, 15) is 4.79 Å². The molecule has 3 rings (SSSR count). The van der Waals surface area contributed by atoms with Crippen molar-refractivity contribution >= 4 is 63.5 Å². The number of fused-ring (bicyclic) bond motifs is 1. The maximum atomic E-state index is 12.4. The fraction of sp³-hybridized carbons (Fsp3) is 0.211. The van der Waals surface area contributed by atoms with Crippen LogP contribution in [0.1, 0.15) is 6.92 Å². The number of benzene rings is 1. The van der Waals surface area contributed by atoms with Crippen molar-refractivity contribution in [1.82, 2.24) is 14.5 Å². The van der Waals surface area contributed by atoms with Crippen LogP contribution in [0.3, 0.4) is 0 Å². The fourth-order valence-electron chi connectivity index (χ4n) is 2.77. The molecule has 3 aromatic rings. The van der Waals surface area contributed by atoms with Crippen LogP contribution in [0.5, 0.6) is 0 Å². The Balaban J connectivity index is 2.04. The first-order chi connectivity index (χ1) is 14.3. The number of pyridine rings is 1. The number of aliphatic imine (C=N–C) groups is 2. The molecule has 1 unspecified atom stereocenters. The number of rotatable bonds is 6. The number of nitrogens with one attached hydrogen (secondary N) is 2. The maximum absolute atomic E-state index is 12.4. The van der Waals surface area contributed by atoms with E-state index in [1.165, 1.54) is 18.6 Å². The molecule has 9 nitrogen and oxygen atoms in total. The third kappa shape index (κ3) is 4.69. The van der Waals surface area contributed by atoms with Gasteiger partial charge in [-0.15, -0.1) is 0 Å². The minimum absolute atomic E-state index is 0.0756. The summed E-state index contributed by atoms with van der Waals surface area (Å²) >= 11 is 12.0. The van der Waals surface area contributed by atoms with Crippen LogP contribution in [-0.2, 0) is 7.05 Å². The molecule has 11 heteroatoms. The molecule has 2 aromatic heterocycles. The molecule has 4 N–H and O–H groups in total. The van der Waals surface area contributed by atoms with Crippen molar-refractivity contribution in [3.8, 4) is 0 Å². The van der Waals surface area contributed by atoms with Gasteiger partial charge in [0.25, 0.3) is 5.56 Å². The average Bonchev–Trinajstić information content (AvgIpc) is 2.72. The van der Waals surface area contributed by atoms with Crippen LogP contribution >= 0.6 is 23.2 Å². The smallest absolute Gasteiger partial charge is 0.252 e. The number of anilines is 3. The highest BCUT2D eigenvalue weighted by atomic mass is 35.5. The maximum Gasteiger partial charge on any atom is 0.252 e. The van der Waals surface area contributed by atoms with Crippen LogP contribution in [-0.4, -0.2) is 39.8 Å². The number of aromatic nitrogens is 3. The van der Waals surface area contributed by atoms with Crippen molar-refractivity contribution in [2.75, 3.05) is 17.7 Å². The molecule has 0 aliphatic heterocycles. The minimum atomic E-state index is -0.329. The van der Waals surface area contributed by atoms with Gasteiger partial charge < -0.3 is 20.9 Å². The van der Waals surface area contributed by atoms with E-state index < -0.39 is 0 Å². The summed E-state index contributed by atoms with van der Waals surface area (Å²) in [5, 5.41) is 7.56. The third-order valence-corrected chi connectivity index (χ3v) is 4.82. The Hall–Kier alpha value is -3.17. The lowest BCUT2D eigenvalue weighted by Gasteiger charge is -2.18. The number of halogens is 2. The van der Waals surface area contributed by atoms with Crippen molar-refractivity contribution in [1.29, 1.82) is 0 Å². The molecule has 156 valence electrons. The molecule has 0 fully saturated rings. The Labute approximate surface area is 182 Å². The van der Waals surface area contributed by atoms with E-state index in [-0.39, 0.29) is 16.9 Å². The second-order valence-electron chi connectivity index (χ2n) is 6.44. The predicted octanol–water partition coefficient (Wildman–Crippen LogP) is 3.19. The van der Waals surface area contributed by atoms with Crippen molar-refractivity contribution in [2.45, 2.75) is 13.0 Å². The summed E-state index contributed by atoms with van der Waals surface area (Å²) in [6, 6.07) is 6.70. The van der Waals surface area contributed by atoms with Crippen molar-refractivity contribution in [3.63, 3.8) is 0 Å². The average molecular weight is 447 g/mol. The molecule has 0 saturated heterocycles. The van der Waals surface area contributed by atoms with Gasteiger partial charge >= 0.3 is 0 Å². The number of aryl methyl sites for hydroxylation is 1. The van der Waals surface area contributed by atoms with Gasteiger partial charge in [-0.1, -0.05) is 11.6 Å². The van der Waals surface area contributed by atoms with E-state index in [0.717, 1.165) is 10.9 Å². The number of hydrogen-bond acceptors (Lipinski definition) is 6. The second kappa shape index (κ2) is 9.10. The Morgan fingerprint density at radius 3 is 2.83 bits per heavy atom. The van der Waals surface area contributed by atoms with Crippen molar-refractivity contribution < 1.29 is 0 Å². The zero-order chi connectivity index (χ0) is 21.8. The summed E-state index contributed by atoms with van der Waals surface area (Å²) in [7, 11) is 3.31. The lowest BCUT2D eigenvalue weighted by atomic mass is 10.1. The van der Waals surface area contributed by atoms with E-state index >= 15 is 0 Å². The van der Waals surface area contributed by atoms with E-state index in [1.807, 2.05) is 25.1 Å². The fourth-order valence-corrected chi connectivity index (χ4v) is 3.04. The lowest BCUT2D eigenvalue weighted by Crippen LogP contribution is -2.33. The van der Waals surface area contributed by atoms with Gasteiger partial charge in [0.1, 0.15) is 17.2 Å². The van der Waals surface area contributed by atoms with Crippen LogP contribution in [0.4, 0.5) is 17.2 Å². The first-order valence-corrected chi connectivity index (χ1v) is 9.65. The highest BCUT2D eigenvalue weighted by Crippen LogP contribution is 2.29. The quantitative estimate of drug-likeness (QED) is 0.303. The molecule has 1 aromatic carbocycles. The van der Waals surface area contributed by atoms with Gasteiger partial charge in [-0.3, -0.25) is 9.79 Å². The van der Waals surface area contributed by atoms with E-state index in [4.69, 9.17) is 28.9 Å². The second-order valence-corrected chi connectivity index (χ2v) is 7.19. The molecule has 0 spiro atoms. The van der Waals surface area contributed by atoms with Gasteiger partial charge in [0.2, 0.25) is 5.28 Å². The number of hydrogen-bond donors (Lipinski definition) is 3. The molecule has 0 aliphatic carbocycles. The summed E-state index contributed by atoms with van der Waals surface area (Å²) in [5.41, 5.74) is 7.88. The Morgan fingerprint density at radius 2 is 2.10 bits per heavy atom. The molecule has 0 aliphatic rings. The molecule has 0 amide bonds. The predicted molar refractivity (Wildman–Crippen MR) is 124 cm³/mol. The minimum Gasteiger partial charge on any atom is -0.385 e. The lowest BCUT2D eigenvalue weighted by molar-refractivity contribution is 0.904. The SMILES string of the molecule is CN=CN=C(N)C(C)Nc1cc(=O)n(C)c2ccc(Nc3nc(Cl)ncc3Cl)cc12. The van der Waals surface area contributed by atoms with E-state index in [1.54, 1.807) is 18.7 Å². The first kappa shape index (κ1) is 21.5. The molecular formula is C19H20Cl2N8O. The Bertz CT molecular complexity index is 1210. The normalized spacial score (nSPS) is 13.0. The number of nitrogens with two attached hydrogens (primary N) is 1. The van der Waals surface area contributed by atoms with Gasteiger partial charge in [0, 0.05) is 36.9 Å². The van der Waals surface area contributed by atoms with Gasteiger partial charge in [0.05, 0.1) is 17.8 Å². The number of nitrogens with zero attached hydrogens (tertiary/aromatic N) is 5. The summed E-state index contributed by atoms with van der Waals surface area (Å²) in [5.74, 6) is 0.713. The summed E-state index contributed by atoms with van der Waals surface area (Å²) in [6.45, 7) is 1.84. The topological polar surface area (TPSA) is 123 Å². The first-order valence-electron chi connectivity index (χ1n) is 8.89. The Kier molecular flexibility index (Phi) is 6.53. The molecule has 2 heterocycles.